The Balaban J connectivity index is 4.50. The van der Waals surface area contributed by atoms with Gasteiger partial charge in [-0.3, -0.25) is 4.90 Å². The standard InChI is InChI=1S/C16H36N2O/c1-8-15(9-2)18(10-11-19-7)13-16(5,6)12-17-14(3)4/h14-15,17H,8-13H2,1-7H3. The number of hydrogen-bond acceptors (Lipinski definition) is 3. The van der Waals surface area contributed by atoms with Crippen LogP contribution in [0, 0.1) is 5.41 Å². The van der Waals surface area contributed by atoms with Crippen LogP contribution in [0.15, 0.2) is 0 Å². The van der Waals surface area contributed by atoms with Gasteiger partial charge in [-0.25, -0.2) is 0 Å². The van der Waals surface area contributed by atoms with E-state index in [0.29, 0.717) is 17.5 Å². The highest BCUT2D eigenvalue weighted by atomic mass is 16.5. The molecule has 0 aliphatic rings. The van der Waals surface area contributed by atoms with Crippen LogP contribution in [-0.2, 0) is 4.74 Å². The molecular weight excluding hydrogens is 236 g/mol. The summed E-state index contributed by atoms with van der Waals surface area (Å²) in [5.74, 6) is 0. The summed E-state index contributed by atoms with van der Waals surface area (Å²) in [6, 6.07) is 1.23. The summed E-state index contributed by atoms with van der Waals surface area (Å²) >= 11 is 0. The molecule has 0 aromatic heterocycles. The SMILES string of the molecule is CCC(CC)N(CCOC)CC(C)(C)CNC(C)C. The number of methoxy groups -OCH3 is 1. The fourth-order valence-electron chi connectivity index (χ4n) is 2.49. The van der Waals surface area contributed by atoms with Crippen molar-refractivity contribution in [1.82, 2.24) is 10.2 Å². The van der Waals surface area contributed by atoms with Crippen LogP contribution >= 0.6 is 0 Å². The average Bonchev–Trinajstić information content (AvgIpc) is 2.34. The van der Waals surface area contributed by atoms with Gasteiger partial charge >= 0.3 is 0 Å². The normalized spacial score (nSPS) is 12.9. The minimum Gasteiger partial charge on any atom is -0.383 e. The van der Waals surface area contributed by atoms with Crippen LogP contribution in [0.4, 0.5) is 0 Å². The molecule has 1 N–H and O–H groups in total. The molecule has 0 atom stereocenters. The van der Waals surface area contributed by atoms with Gasteiger partial charge < -0.3 is 10.1 Å². The first-order valence-electron chi connectivity index (χ1n) is 7.82. The molecule has 0 aromatic carbocycles. The highest BCUT2D eigenvalue weighted by Gasteiger charge is 2.25. The minimum absolute atomic E-state index is 0.292. The van der Waals surface area contributed by atoms with E-state index in [1.807, 2.05) is 0 Å². The molecule has 3 nitrogen and oxygen atoms in total. The molecule has 0 radical (unpaired) electrons. The Hall–Kier alpha value is -0.120. The van der Waals surface area contributed by atoms with Crippen LogP contribution in [0.2, 0.25) is 0 Å². The third kappa shape index (κ3) is 8.61. The van der Waals surface area contributed by atoms with E-state index in [-0.39, 0.29) is 0 Å². The number of rotatable bonds is 11. The van der Waals surface area contributed by atoms with Gasteiger partial charge in [-0.05, 0) is 18.3 Å². The first kappa shape index (κ1) is 18.9. The first-order valence-corrected chi connectivity index (χ1v) is 7.82. The van der Waals surface area contributed by atoms with E-state index in [1.165, 1.54) is 12.8 Å². The van der Waals surface area contributed by atoms with E-state index in [9.17, 15) is 0 Å². The average molecular weight is 272 g/mol. The van der Waals surface area contributed by atoms with E-state index in [2.05, 4.69) is 51.8 Å². The molecule has 0 saturated heterocycles. The molecule has 19 heavy (non-hydrogen) atoms. The van der Waals surface area contributed by atoms with Crippen molar-refractivity contribution >= 4 is 0 Å². The van der Waals surface area contributed by atoms with E-state index >= 15 is 0 Å². The molecule has 0 fully saturated rings. The van der Waals surface area contributed by atoms with Crippen molar-refractivity contribution in [3.05, 3.63) is 0 Å². The van der Waals surface area contributed by atoms with Crippen molar-refractivity contribution in [2.45, 2.75) is 66.5 Å². The number of hydrogen-bond donors (Lipinski definition) is 1. The van der Waals surface area contributed by atoms with Crippen molar-refractivity contribution in [3.63, 3.8) is 0 Å². The number of nitrogens with zero attached hydrogens (tertiary/aromatic N) is 1. The Labute approximate surface area is 121 Å². The Morgan fingerprint density at radius 2 is 1.74 bits per heavy atom. The van der Waals surface area contributed by atoms with E-state index in [0.717, 1.165) is 26.2 Å². The Kier molecular flexibility index (Phi) is 9.67. The second-order valence-corrected chi connectivity index (χ2v) is 6.63. The lowest BCUT2D eigenvalue weighted by atomic mass is 9.91. The molecule has 0 amide bonds. The maximum absolute atomic E-state index is 5.27. The molecule has 0 aliphatic heterocycles. The zero-order chi connectivity index (χ0) is 14.9. The van der Waals surface area contributed by atoms with Gasteiger partial charge in [0.25, 0.3) is 0 Å². The van der Waals surface area contributed by atoms with Gasteiger partial charge in [0.05, 0.1) is 6.61 Å². The maximum Gasteiger partial charge on any atom is 0.0589 e. The number of ether oxygens (including phenoxy) is 1. The minimum atomic E-state index is 0.292. The monoisotopic (exact) mass is 272 g/mol. The second kappa shape index (κ2) is 9.73. The highest BCUT2D eigenvalue weighted by Crippen LogP contribution is 2.20. The Bertz CT molecular complexity index is 213. The lowest BCUT2D eigenvalue weighted by molar-refractivity contribution is 0.0808. The molecule has 0 spiro atoms. The molecule has 0 bridgehead atoms. The summed E-state index contributed by atoms with van der Waals surface area (Å²) in [6.45, 7) is 17.7. The predicted molar refractivity (Wildman–Crippen MR) is 84.7 cm³/mol. The molecule has 0 aliphatic carbocycles. The van der Waals surface area contributed by atoms with Crippen molar-refractivity contribution in [1.29, 1.82) is 0 Å². The topological polar surface area (TPSA) is 24.5 Å². The van der Waals surface area contributed by atoms with Crippen LogP contribution in [0.3, 0.4) is 0 Å². The fourth-order valence-corrected chi connectivity index (χ4v) is 2.49. The van der Waals surface area contributed by atoms with Crippen LogP contribution in [0.5, 0.6) is 0 Å². The lowest BCUT2D eigenvalue weighted by Gasteiger charge is -2.37. The largest absolute Gasteiger partial charge is 0.383 e. The highest BCUT2D eigenvalue weighted by molar-refractivity contribution is 4.80. The van der Waals surface area contributed by atoms with Crippen molar-refractivity contribution < 1.29 is 4.74 Å². The van der Waals surface area contributed by atoms with Crippen molar-refractivity contribution in [2.24, 2.45) is 5.41 Å². The van der Waals surface area contributed by atoms with E-state index in [4.69, 9.17) is 4.74 Å². The van der Waals surface area contributed by atoms with Crippen LogP contribution < -0.4 is 5.32 Å². The summed E-state index contributed by atoms with van der Waals surface area (Å²) in [7, 11) is 1.79. The van der Waals surface area contributed by atoms with Crippen molar-refractivity contribution in [2.75, 3.05) is 33.4 Å². The van der Waals surface area contributed by atoms with Crippen LogP contribution in [-0.4, -0.2) is 50.3 Å². The third-order valence-electron chi connectivity index (χ3n) is 3.66. The van der Waals surface area contributed by atoms with Crippen LogP contribution in [0.1, 0.15) is 54.4 Å². The van der Waals surface area contributed by atoms with E-state index < -0.39 is 0 Å². The smallest absolute Gasteiger partial charge is 0.0589 e. The van der Waals surface area contributed by atoms with Gasteiger partial charge in [-0.1, -0.05) is 41.5 Å². The van der Waals surface area contributed by atoms with Gasteiger partial charge in [-0.2, -0.15) is 0 Å². The molecule has 0 rings (SSSR count). The quantitative estimate of drug-likeness (QED) is 0.625. The van der Waals surface area contributed by atoms with Gasteiger partial charge in [0.1, 0.15) is 0 Å². The summed E-state index contributed by atoms with van der Waals surface area (Å²) < 4.78 is 5.27. The molecular formula is C16H36N2O. The zero-order valence-corrected chi connectivity index (χ0v) is 14.3. The molecule has 0 aromatic rings. The summed E-state index contributed by atoms with van der Waals surface area (Å²) in [5, 5.41) is 3.56. The first-order chi connectivity index (χ1) is 8.86. The molecule has 3 heteroatoms. The van der Waals surface area contributed by atoms with Gasteiger partial charge in [0, 0.05) is 38.8 Å². The summed E-state index contributed by atoms with van der Waals surface area (Å²) in [5.41, 5.74) is 0.292. The Morgan fingerprint density at radius 3 is 2.16 bits per heavy atom. The Morgan fingerprint density at radius 1 is 1.16 bits per heavy atom. The van der Waals surface area contributed by atoms with Crippen molar-refractivity contribution in [3.8, 4) is 0 Å². The van der Waals surface area contributed by atoms with Gasteiger partial charge in [0.2, 0.25) is 0 Å². The maximum atomic E-state index is 5.27. The van der Waals surface area contributed by atoms with E-state index in [1.54, 1.807) is 7.11 Å². The molecule has 0 unspecified atom stereocenters. The summed E-state index contributed by atoms with van der Waals surface area (Å²) in [4.78, 5) is 2.60. The fraction of sp³-hybridized carbons (Fsp3) is 1.00. The molecule has 0 saturated carbocycles. The lowest BCUT2D eigenvalue weighted by Crippen LogP contribution is -2.46. The summed E-state index contributed by atoms with van der Waals surface area (Å²) in [6.07, 6.45) is 2.43. The molecule has 116 valence electrons. The predicted octanol–water partition coefficient (Wildman–Crippen LogP) is 3.15. The van der Waals surface area contributed by atoms with Crippen LogP contribution in [0.25, 0.3) is 0 Å². The van der Waals surface area contributed by atoms with Gasteiger partial charge in [-0.15, -0.1) is 0 Å². The number of nitrogens with one attached hydrogen (secondary N) is 1. The zero-order valence-electron chi connectivity index (χ0n) is 14.3. The second-order valence-electron chi connectivity index (χ2n) is 6.63. The third-order valence-corrected chi connectivity index (χ3v) is 3.66. The molecule has 0 heterocycles. The van der Waals surface area contributed by atoms with Gasteiger partial charge in [0.15, 0.2) is 0 Å².